The van der Waals surface area contributed by atoms with Crippen LogP contribution in [0.2, 0.25) is 0 Å². The Morgan fingerprint density at radius 2 is 1.92 bits per heavy atom. The summed E-state index contributed by atoms with van der Waals surface area (Å²) in [6.45, 7) is 5.55. The molecule has 0 radical (unpaired) electrons. The Kier molecular flexibility index (Phi) is 6.58. The Balaban J connectivity index is 1.32. The molecule has 10 nitrogen and oxygen atoms in total. The summed E-state index contributed by atoms with van der Waals surface area (Å²) in [5.41, 5.74) is 8.29. The fourth-order valence-electron chi connectivity index (χ4n) is 4.76. The predicted octanol–water partition coefficient (Wildman–Crippen LogP) is 3.20. The lowest BCUT2D eigenvalue weighted by molar-refractivity contribution is 0.0923. The van der Waals surface area contributed by atoms with E-state index in [0.29, 0.717) is 23.0 Å². The van der Waals surface area contributed by atoms with Gasteiger partial charge in [-0.2, -0.15) is 5.10 Å². The van der Waals surface area contributed by atoms with Crippen LogP contribution >= 0.6 is 0 Å². The zero-order chi connectivity index (χ0) is 25.2. The number of piperidine rings is 1. The molecule has 1 aromatic carbocycles. The molecular weight excluding hydrogens is 456 g/mol. The third kappa shape index (κ3) is 5.02. The van der Waals surface area contributed by atoms with Crippen LogP contribution in [0.25, 0.3) is 0 Å². The molecule has 3 aromatic rings. The number of carbonyl (C=O) groups is 2. The average Bonchev–Trinajstić information content (AvgIpc) is 3.64. The standard InChI is InChI=1S/C26H32N8O2/c1-3-33-15-20(13-29-33)30-25-23(24(27)35)28-14-22(32-25)34-12-4-5-21(16(34)2)31-26(36)19-10-8-18(9-11-19)17-6-7-17/h8-11,13-17,21H,3-7,12H2,1-2H3,(H2,27,35)(H,30,32)(H,31,36)/t16-,21-/m1/s1. The minimum Gasteiger partial charge on any atom is -0.364 e. The van der Waals surface area contributed by atoms with Crippen molar-refractivity contribution in [3.8, 4) is 0 Å². The van der Waals surface area contributed by atoms with E-state index in [4.69, 9.17) is 10.7 Å². The van der Waals surface area contributed by atoms with Gasteiger partial charge in [0.05, 0.1) is 18.1 Å². The van der Waals surface area contributed by atoms with Gasteiger partial charge in [0.15, 0.2) is 11.5 Å². The molecule has 0 bridgehead atoms. The normalized spacial score (nSPS) is 19.7. The lowest BCUT2D eigenvalue weighted by atomic mass is 9.97. The van der Waals surface area contributed by atoms with Gasteiger partial charge < -0.3 is 21.3 Å². The van der Waals surface area contributed by atoms with Crippen LogP contribution in [0.4, 0.5) is 17.3 Å². The summed E-state index contributed by atoms with van der Waals surface area (Å²) in [7, 11) is 0. The van der Waals surface area contributed by atoms with E-state index in [1.807, 2.05) is 25.3 Å². The quantitative estimate of drug-likeness (QED) is 0.444. The molecule has 5 rings (SSSR count). The van der Waals surface area contributed by atoms with Gasteiger partial charge in [-0.05, 0) is 63.1 Å². The van der Waals surface area contributed by atoms with E-state index >= 15 is 0 Å². The second kappa shape index (κ2) is 9.96. The smallest absolute Gasteiger partial charge is 0.271 e. The largest absolute Gasteiger partial charge is 0.364 e. The molecule has 3 heterocycles. The minimum absolute atomic E-state index is 0.0159. The Bertz CT molecular complexity index is 1250. The van der Waals surface area contributed by atoms with Gasteiger partial charge in [0.25, 0.3) is 11.8 Å². The van der Waals surface area contributed by atoms with Crippen molar-refractivity contribution in [2.75, 3.05) is 16.8 Å². The molecule has 0 spiro atoms. The second-order valence-corrected chi connectivity index (χ2v) is 9.55. The van der Waals surface area contributed by atoms with Gasteiger partial charge >= 0.3 is 0 Å². The summed E-state index contributed by atoms with van der Waals surface area (Å²) < 4.78 is 1.77. The summed E-state index contributed by atoms with van der Waals surface area (Å²) in [6, 6.07) is 7.90. The molecule has 1 saturated carbocycles. The second-order valence-electron chi connectivity index (χ2n) is 9.55. The number of rotatable bonds is 8. The number of aryl methyl sites for hydroxylation is 1. The van der Waals surface area contributed by atoms with Crippen LogP contribution in [0, 0.1) is 0 Å². The SMILES string of the molecule is CCn1cc(Nc2nc(N3CCC[C@@H](NC(=O)c4ccc(C5CC5)cc4)[C@H]3C)cnc2C(N)=O)cn1. The van der Waals surface area contributed by atoms with Crippen molar-refractivity contribution in [1.82, 2.24) is 25.1 Å². The first-order valence-corrected chi connectivity index (χ1v) is 12.6. The van der Waals surface area contributed by atoms with Gasteiger partial charge in [-0.1, -0.05) is 12.1 Å². The number of nitrogens with zero attached hydrogens (tertiary/aromatic N) is 5. The number of carbonyl (C=O) groups excluding carboxylic acids is 2. The van der Waals surface area contributed by atoms with Crippen molar-refractivity contribution in [1.29, 1.82) is 0 Å². The molecule has 0 unspecified atom stereocenters. The van der Waals surface area contributed by atoms with Gasteiger partial charge in [0, 0.05) is 36.9 Å². The highest BCUT2D eigenvalue weighted by atomic mass is 16.2. The van der Waals surface area contributed by atoms with Crippen LogP contribution in [0.15, 0.2) is 42.9 Å². The predicted molar refractivity (Wildman–Crippen MR) is 137 cm³/mol. The zero-order valence-electron chi connectivity index (χ0n) is 20.6. The van der Waals surface area contributed by atoms with Crippen molar-refractivity contribution in [2.24, 2.45) is 5.73 Å². The zero-order valence-corrected chi connectivity index (χ0v) is 20.6. The van der Waals surface area contributed by atoms with Crippen molar-refractivity contribution in [3.05, 3.63) is 59.7 Å². The summed E-state index contributed by atoms with van der Waals surface area (Å²) in [5.74, 6) is 0.833. The fraction of sp³-hybridized carbons (Fsp3) is 0.423. The lowest BCUT2D eigenvalue weighted by Gasteiger charge is -2.40. The third-order valence-corrected chi connectivity index (χ3v) is 7.03. The van der Waals surface area contributed by atoms with Crippen LogP contribution < -0.4 is 21.3 Å². The first-order valence-electron chi connectivity index (χ1n) is 12.6. The molecule has 2 fully saturated rings. The summed E-state index contributed by atoms with van der Waals surface area (Å²) in [5, 5.41) is 10.6. The van der Waals surface area contributed by atoms with E-state index in [2.05, 4.69) is 44.7 Å². The molecule has 2 aliphatic rings. The molecule has 1 saturated heterocycles. The van der Waals surface area contributed by atoms with Crippen molar-refractivity contribution >= 4 is 29.1 Å². The van der Waals surface area contributed by atoms with Crippen LogP contribution in [0.3, 0.4) is 0 Å². The first-order chi connectivity index (χ1) is 17.4. The van der Waals surface area contributed by atoms with Crippen molar-refractivity contribution in [2.45, 2.75) is 64.1 Å². The van der Waals surface area contributed by atoms with Gasteiger partial charge in [-0.25, -0.2) is 9.97 Å². The number of nitrogens with one attached hydrogen (secondary N) is 2. The van der Waals surface area contributed by atoms with Gasteiger partial charge in [-0.3, -0.25) is 14.3 Å². The Labute approximate surface area is 210 Å². The number of primary amides is 1. The van der Waals surface area contributed by atoms with Crippen LogP contribution in [-0.2, 0) is 6.54 Å². The van der Waals surface area contributed by atoms with E-state index in [-0.39, 0.29) is 29.5 Å². The Hall–Kier alpha value is -3.95. The summed E-state index contributed by atoms with van der Waals surface area (Å²) >= 11 is 0. The highest BCUT2D eigenvalue weighted by molar-refractivity contribution is 5.96. The van der Waals surface area contributed by atoms with E-state index < -0.39 is 5.91 Å². The number of aromatic nitrogens is 4. The molecule has 4 N–H and O–H groups in total. The molecule has 1 aliphatic carbocycles. The molecule has 1 aliphatic heterocycles. The first kappa shape index (κ1) is 23.8. The van der Waals surface area contributed by atoms with Crippen molar-refractivity contribution in [3.63, 3.8) is 0 Å². The molecule has 188 valence electrons. The van der Waals surface area contributed by atoms with Gasteiger partial charge in [0.2, 0.25) is 0 Å². The molecule has 36 heavy (non-hydrogen) atoms. The maximum absolute atomic E-state index is 13.0. The van der Waals surface area contributed by atoms with E-state index in [1.54, 1.807) is 17.1 Å². The highest BCUT2D eigenvalue weighted by Crippen LogP contribution is 2.39. The average molecular weight is 489 g/mol. The Morgan fingerprint density at radius 1 is 1.14 bits per heavy atom. The van der Waals surface area contributed by atoms with E-state index in [0.717, 1.165) is 25.9 Å². The lowest BCUT2D eigenvalue weighted by Crippen LogP contribution is -2.54. The van der Waals surface area contributed by atoms with Gasteiger partial charge in [-0.15, -0.1) is 0 Å². The molecule has 10 heteroatoms. The maximum atomic E-state index is 13.0. The van der Waals surface area contributed by atoms with Crippen LogP contribution in [-0.4, -0.2) is 50.2 Å². The van der Waals surface area contributed by atoms with E-state index in [1.165, 1.54) is 18.4 Å². The monoisotopic (exact) mass is 488 g/mol. The fourth-order valence-corrected chi connectivity index (χ4v) is 4.76. The third-order valence-electron chi connectivity index (χ3n) is 7.03. The van der Waals surface area contributed by atoms with E-state index in [9.17, 15) is 9.59 Å². The molecule has 2 atom stereocenters. The topological polar surface area (TPSA) is 131 Å². The maximum Gasteiger partial charge on any atom is 0.271 e. The van der Waals surface area contributed by atoms with Crippen molar-refractivity contribution < 1.29 is 9.59 Å². The van der Waals surface area contributed by atoms with Crippen LogP contribution in [0.1, 0.15) is 71.9 Å². The van der Waals surface area contributed by atoms with Crippen LogP contribution in [0.5, 0.6) is 0 Å². The number of hydrogen-bond acceptors (Lipinski definition) is 7. The van der Waals surface area contributed by atoms with Gasteiger partial charge in [0.1, 0.15) is 5.82 Å². The number of benzene rings is 1. The number of nitrogens with two attached hydrogens (primary N) is 1. The number of amides is 2. The molecule has 2 amide bonds. The number of anilines is 3. The summed E-state index contributed by atoms with van der Waals surface area (Å²) in [4.78, 5) is 36.1. The molecule has 2 aromatic heterocycles. The number of hydrogen-bond donors (Lipinski definition) is 3. The Morgan fingerprint density at radius 3 is 2.58 bits per heavy atom. The molecular formula is C26H32N8O2. The summed E-state index contributed by atoms with van der Waals surface area (Å²) in [6.07, 6.45) is 9.30. The highest BCUT2D eigenvalue weighted by Gasteiger charge is 2.31. The minimum atomic E-state index is -0.663.